The topological polar surface area (TPSA) is 109 Å². The minimum atomic E-state index is -1.08. The number of β-lactam (4-membered cyclic amide) rings is 1. The number of aryl methyl sites for hydroxylation is 1. The molecule has 1 aromatic rings. The Morgan fingerprint density at radius 3 is 2.85 bits per heavy atom. The number of fused-ring (bicyclic) bond motifs is 2. The molecule has 26 heavy (non-hydrogen) atoms. The second-order valence-corrected chi connectivity index (χ2v) is 9.28. The van der Waals surface area contributed by atoms with Crippen molar-refractivity contribution in [1.29, 1.82) is 0 Å². The first-order valence-corrected chi connectivity index (χ1v) is 10.4. The van der Waals surface area contributed by atoms with Crippen molar-refractivity contribution in [1.82, 2.24) is 19.7 Å². The average molecular weight is 396 g/mol. The van der Waals surface area contributed by atoms with Crippen molar-refractivity contribution in [2.24, 2.45) is 11.8 Å². The molecule has 1 unspecified atom stereocenters. The fourth-order valence-electron chi connectivity index (χ4n) is 4.00. The van der Waals surface area contributed by atoms with E-state index < -0.39 is 18.0 Å². The molecule has 10 heteroatoms. The van der Waals surface area contributed by atoms with Crippen molar-refractivity contribution in [3.63, 3.8) is 0 Å². The first-order chi connectivity index (χ1) is 12.3. The number of amides is 1. The average Bonchev–Trinajstić information content (AvgIpc) is 3.03. The van der Waals surface area contributed by atoms with Gasteiger partial charge in [0.1, 0.15) is 11.5 Å². The molecule has 140 valence electrons. The zero-order valence-corrected chi connectivity index (χ0v) is 16.3. The van der Waals surface area contributed by atoms with E-state index in [1.54, 1.807) is 18.7 Å². The maximum Gasteiger partial charge on any atom is 0.353 e. The summed E-state index contributed by atoms with van der Waals surface area (Å²) >= 11 is 3.14. The highest BCUT2D eigenvalue weighted by Gasteiger charge is 2.60. The number of hydrogen-bond donors (Lipinski definition) is 2. The number of carbonyl (C=O) groups excluding carboxylic acids is 1. The van der Waals surface area contributed by atoms with Gasteiger partial charge in [-0.2, -0.15) is 5.10 Å². The summed E-state index contributed by atoms with van der Waals surface area (Å²) in [6, 6.07) is -0.267. The number of aliphatic hydroxyl groups excluding tert-OH is 1. The van der Waals surface area contributed by atoms with E-state index in [-0.39, 0.29) is 28.8 Å². The summed E-state index contributed by atoms with van der Waals surface area (Å²) < 4.78 is 1.86. The molecule has 0 aliphatic carbocycles. The zero-order chi connectivity index (χ0) is 18.7. The van der Waals surface area contributed by atoms with Gasteiger partial charge in [-0.05, 0) is 13.8 Å². The molecule has 4 heterocycles. The van der Waals surface area contributed by atoms with Crippen LogP contribution in [0.25, 0.3) is 0 Å². The Morgan fingerprint density at radius 1 is 1.46 bits per heavy atom. The second kappa shape index (κ2) is 6.28. The molecule has 2 N–H and O–H groups in total. The van der Waals surface area contributed by atoms with Gasteiger partial charge in [-0.25, -0.2) is 14.5 Å². The van der Waals surface area contributed by atoms with Crippen molar-refractivity contribution in [3.05, 3.63) is 16.4 Å². The van der Waals surface area contributed by atoms with Crippen LogP contribution in [0.3, 0.4) is 0 Å². The van der Waals surface area contributed by atoms with Crippen LogP contribution < -0.4 is 0 Å². The van der Waals surface area contributed by atoms with Crippen LogP contribution in [0.2, 0.25) is 0 Å². The van der Waals surface area contributed by atoms with Crippen molar-refractivity contribution in [3.8, 4) is 0 Å². The summed E-state index contributed by atoms with van der Waals surface area (Å²) in [7, 11) is 0. The summed E-state index contributed by atoms with van der Waals surface area (Å²) in [5.41, 5.74) is 0.0833. The lowest BCUT2D eigenvalue weighted by Crippen LogP contribution is -2.63. The summed E-state index contributed by atoms with van der Waals surface area (Å²) in [6.07, 6.45) is -0.781. The molecule has 0 saturated carbocycles. The van der Waals surface area contributed by atoms with Crippen LogP contribution in [-0.2, 0) is 16.1 Å². The fourth-order valence-corrected chi connectivity index (χ4v) is 6.61. The van der Waals surface area contributed by atoms with E-state index in [9.17, 15) is 19.8 Å². The largest absolute Gasteiger partial charge is 0.477 e. The van der Waals surface area contributed by atoms with Gasteiger partial charge in [0.05, 0.1) is 24.6 Å². The SMILES string of the molecule is Cc1nc2n(n1)CC(SC1=C(C(=O)O)N3C(=O)[C@H]([C@@H](C)O)[C@H]3[C@H]1C)CS2. The summed E-state index contributed by atoms with van der Waals surface area (Å²) in [6.45, 7) is 6.05. The molecule has 0 radical (unpaired) electrons. The lowest BCUT2D eigenvalue weighted by Gasteiger charge is -2.46. The smallest absolute Gasteiger partial charge is 0.353 e. The summed E-state index contributed by atoms with van der Waals surface area (Å²) in [5.74, 6) is -0.468. The minimum absolute atomic E-state index is 0.0833. The Balaban J connectivity index is 1.59. The molecule has 1 aromatic heterocycles. The van der Waals surface area contributed by atoms with Crippen LogP contribution in [0.15, 0.2) is 15.8 Å². The van der Waals surface area contributed by atoms with Gasteiger partial charge >= 0.3 is 5.97 Å². The number of nitrogens with zero attached hydrogens (tertiary/aromatic N) is 4. The number of rotatable bonds is 4. The number of thioether (sulfide) groups is 2. The van der Waals surface area contributed by atoms with Crippen LogP contribution in [0, 0.1) is 18.8 Å². The lowest BCUT2D eigenvalue weighted by atomic mass is 9.79. The molecule has 1 amide bonds. The molecule has 1 fully saturated rings. The third-order valence-electron chi connectivity index (χ3n) is 5.12. The highest BCUT2D eigenvalue weighted by atomic mass is 32.2. The normalized spacial score (nSPS) is 31.5. The number of carboxylic acids is 1. The predicted octanol–water partition coefficient (Wildman–Crippen LogP) is 0.948. The molecule has 4 rings (SSSR count). The standard InChI is InChI=1S/C16H20N4O4S2/c1-6-11-10(7(2)21)14(22)20(11)12(15(23)24)13(6)26-9-4-19-16(25-5-9)17-8(3)18-19/h6-7,9-11,21H,4-5H2,1-3H3,(H,23,24)/t6-,7-,9?,10-,11-/m1/s1. The molecule has 3 aliphatic heterocycles. The van der Waals surface area contributed by atoms with E-state index in [1.807, 2.05) is 18.5 Å². The van der Waals surface area contributed by atoms with Gasteiger partial charge in [0, 0.05) is 21.8 Å². The van der Waals surface area contributed by atoms with Crippen LogP contribution in [0.5, 0.6) is 0 Å². The predicted molar refractivity (Wildman–Crippen MR) is 96.5 cm³/mol. The van der Waals surface area contributed by atoms with E-state index in [2.05, 4.69) is 10.1 Å². The quantitative estimate of drug-likeness (QED) is 0.724. The molecular formula is C16H20N4O4S2. The van der Waals surface area contributed by atoms with Crippen LogP contribution >= 0.6 is 23.5 Å². The number of aromatic nitrogens is 3. The number of carbonyl (C=O) groups is 2. The zero-order valence-electron chi connectivity index (χ0n) is 14.6. The van der Waals surface area contributed by atoms with Gasteiger partial charge in [0.25, 0.3) is 0 Å². The Bertz CT molecular complexity index is 821. The molecule has 0 bridgehead atoms. The van der Waals surface area contributed by atoms with Gasteiger partial charge in [-0.1, -0.05) is 18.7 Å². The molecule has 8 nitrogen and oxygen atoms in total. The number of aliphatic carboxylic acids is 1. The molecule has 1 saturated heterocycles. The number of aliphatic hydroxyl groups is 1. The first kappa shape index (κ1) is 17.9. The van der Waals surface area contributed by atoms with Crippen molar-refractivity contribution in [2.45, 2.75) is 49.9 Å². The van der Waals surface area contributed by atoms with E-state index in [0.717, 1.165) is 21.6 Å². The van der Waals surface area contributed by atoms with Crippen molar-refractivity contribution in [2.75, 3.05) is 5.75 Å². The van der Waals surface area contributed by atoms with E-state index in [1.165, 1.54) is 16.7 Å². The first-order valence-electron chi connectivity index (χ1n) is 8.49. The van der Waals surface area contributed by atoms with Gasteiger partial charge in [0.15, 0.2) is 5.16 Å². The minimum Gasteiger partial charge on any atom is -0.477 e. The highest BCUT2D eigenvalue weighted by molar-refractivity contribution is 8.05. The molecule has 0 aromatic carbocycles. The van der Waals surface area contributed by atoms with E-state index in [4.69, 9.17) is 0 Å². The highest BCUT2D eigenvalue weighted by Crippen LogP contribution is 2.52. The summed E-state index contributed by atoms with van der Waals surface area (Å²) in [4.78, 5) is 30.7. The Kier molecular flexibility index (Phi) is 4.31. The molecule has 0 spiro atoms. The van der Waals surface area contributed by atoms with Crippen LogP contribution in [-0.4, -0.2) is 64.9 Å². The Hall–Kier alpha value is -1.52. The van der Waals surface area contributed by atoms with Gasteiger partial charge < -0.3 is 15.1 Å². The van der Waals surface area contributed by atoms with E-state index in [0.29, 0.717) is 6.54 Å². The Morgan fingerprint density at radius 2 is 2.19 bits per heavy atom. The fraction of sp³-hybridized carbons (Fsp3) is 0.625. The maximum absolute atomic E-state index is 12.4. The van der Waals surface area contributed by atoms with Crippen LogP contribution in [0.4, 0.5) is 0 Å². The van der Waals surface area contributed by atoms with Gasteiger partial charge in [-0.3, -0.25) is 4.79 Å². The monoisotopic (exact) mass is 396 g/mol. The third-order valence-corrected chi connectivity index (χ3v) is 7.93. The third kappa shape index (κ3) is 2.57. The lowest BCUT2D eigenvalue weighted by molar-refractivity contribution is -0.163. The number of hydrogen-bond acceptors (Lipinski definition) is 7. The van der Waals surface area contributed by atoms with Crippen LogP contribution in [0.1, 0.15) is 19.7 Å². The molecule has 3 aliphatic rings. The van der Waals surface area contributed by atoms with Crippen molar-refractivity contribution >= 4 is 35.4 Å². The van der Waals surface area contributed by atoms with Crippen molar-refractivity contribution < 1.29 is 19.8 Å². The van der Waals surface area contributed by atoms with E-state index >= 15 is 0 Å². The summed E-state index contributed by atoms with van der Waals surface area (Å²) in [5, 5.41) is 25.0. The molecule has 5 atom stereocenters. The molecular weight excluding hydrogens is 376 g/mol. The van der Waals surface area contributed by atoms with Gasteiger partial charge in [0.2, 0.25) is 5.91 Å². The number of carboxylic acid groups (broad SMARTS) is 1. The second-order valence-electron chi connectivity index (χ2n) is 6.95. The van der Waals surface area contributed by atoms with Gasteiger partial charge in [-0.15, -0.1) is 11.8 Å². The Labute approximate surface area is 159 Å². The maximum atomic E-state index is 12.4.